The lowest BCUT2D eigenvalue weighted by molar-refractivity contribution is -0.140. The first-order valence-corrected chi connectivity index (χ1v) is 7.99. The monoisotopic (exact) mass is 302 g/mol. The number of benzene rings is 1. The second-order valence-corrected chi connectivity index (χ2v) is 6.47. The van der Waals surface area contributed by atoms with Crippen LogP contribution in [0.3, 0.4) is 0 Å². The number of hydrogen-bond acceptors (Lipinski definition) is 2. The van der Waals surface area contributed by atoms with E-state index in [4.69, 9.17) is 0 Å². The van der Waals surface area contributed by atoms with Crippen LogP contribution in [0.15, 0.2) is 24.3 Å². The molecular weight excluding hydrogens is 276 g/mol. The zero-order valence-electron chi connectivity index (χ0n) is 14.0. The summed E-state index contributed by atoms with van der Waals surface area (Å²) >= 11 is 0. The van der Waals surface area contributed by atoms with Gasteiger partial charge in [0.15, 0.2) is 0 Å². The summed E-state index contributed by atoms with van der Waals surface area (Å²) in [5, 5.41) is 0. The molecule has 1 heterocycles. The van der Waals surface area contributed by atoms with E-state index in [0.717, 1.165) is 19.4 Å². The number of aryl methyl sites for hydroxylation is 1. The molecule has 1 atom stereocenters. The molecule has 4 nitrogen and oxygen atoms in total. The summed E-state index contributed by atoms with van der Waals surface area (Å²) < 4.78 is 0. The normalized spacial score (nSPS) is 18.1. The zero-order chi connectivity index (χ0) is 16.3. The molecule has 0 aliphatic carbocycles. The molecule has 0 spiro atoms. The van der Waals surface area contributed by atoms with Crippen molar-refractivity contribution in [3.8, 4) is 0 Å². The van der Waals surface area contributed by atoms with Gasteiger partial charge in [-0.25, -0.2) is 0 Å². The number of hydrogen-bond donors (Lipinski definition) is 0. The fraction of sp³-hybridized carbons (Fsp3) is 0.556. The van der Waals surface area contributed by atoms with Gasteiger partial charge in [-0.1, -0.05) is 38.1 Å². The van der Waals surface area contributed by atoms with Crippen LogP contribution >= 0.6 is 0 Å². The van der Waals surface area contributed by atoms with Crippen LogP contribution in [0.5, 0.6) is 0 Å². The van der Waals surface area contributed by atoms with Gasteiger partial charge in [-0.2, -0.15) is 0 Å². The first-order chi connectivity index (χ1) is 10.4. The van der Waals surface area contributed by atoms with Crippen molar-refractivity contribution < 1.29 is 9.59 Å². The third-order valence-electron chi connectivity index (χ3n) is 4.53. The van der Waals surface area contributed by atoms with Gasteiger partial charge in [0.05, 0.1) is 0 Å². The lowest BCUT2D eigenvalue weighted by Gasteiger charge is -2.23. The van der Waals surface area contributed by atoms with Crippen molar-refractivity contribution in [2.75, 3.05) is 20.6 Å². The van der Waals surface area contributed by atoms with E-state index >= 15 is 0 Å². The lowest BCUT2D eigenvalue weighted by atomic mass is 10.00. The Balaban J connectivity index is 1.88. The minimum absolute atomic E-state index is 0.0431. The number of rotatable bonds is 5. The molecule has 1 fully saturated rings. The molecule has 0 aromatic heterocycles. The number of nitrogens with zero attached hydrogens (tertiary/aromatic N) is 2. The maximum absolute atomic E-state index is 12.3. The number of amides is 2. The Morgan fingerprint density at radius 2 is 1.95 bits per heavy atom. The predicted molar refractivity (Wildman–Crippen MR) is 87.7 cm³/mol. The smallest absolute Gasteiger partial charge is 0.245 e. The van der Waals surface area contributed by atoms with E-state index in [0.29, 0.717) is 12.3 Å². The minimum atomic E-state index is -0.277. The predicted octanol–water partition coefficient (Wildman–Crippen LogP) is 2.43. The summed E-state index contributed by atoms with van der Waals surface area (Å²) in [4.78, 5) is 27.6. The molecule has 0 radical (unpaired) electrons. The van der Waals surface area contributed by atoms with Crippen LogP contribution in [0, 0.1) is 0 Å². The fourth-order valence-electron chi connectivity index (χ4n) is 2.83. The topological polar surface area (TPSA) is 40.6 Å². The molecule has 1 aliphatic heterocycles. The van der Waals surface area contributed by atoms with Crippen molar-refractivity contribution >= 4 is 11.8 Å². The van der Waals surface area contributed by atoms with E-state index in [1.165, 1.54) is 11.1 Å². The van der Waals surface area contributed by atoms with Gasteiger partial charge in [0.25, 0.3) is 0 Å². The molecule has 2 rings (SSSR count). The highest BCUT2D eigenvalue weighted by Crippen LogP contribution is 2.17. The summed E-state index contributed by atoms with van der Waals surface area (Å²) in [6.45, 7) is 5.07. The highest BCUT2D eigenvalue weighted by molar-refractivity contribution is 5.88. The van der Waals surface area contributed by atoms with Crippen molar-refractivity contribution in [2.24, 2.45) is 0 Å². The van der Waals surface area contributed by atoms with Gasteiger partial charge in [-0.15, -0.1) is 0 Å². The van der Waals surface area contributed by atoms with Gasteiger partial charge in [0, 0.05) is 27.1 Å². The Morgan fingerprint density at radius 1 is 1.32 bits per heavy atom. The second kappa shape index (κ2) is 6.95. The Kier molecular flexibility index (Phi) is 5.22. The van der Waals surface area contributed by atoms with Crippen molar-refractivity contribution in [2.45, 2.75) is 45.1 Å². The highest BCUT2D eigenvalue weighted by Gasteiger charge is 2.34. The minimum Gasteiger partial charge on any atom is -0.344 e. The molecule has 0 N–H and O–H groups in total. The SMILES string of the molecule is CC(C)c1ccc(CCC(=O)N(C)[C@H]2CCN(C)C2=O)cc1. The van der Waals surface area contributed by atoms with Crippen molar-refractivity contribution in [3.05, 3.63) is 35.4 Å². The van der Waals surface area contributed by atoms with Gasteiger partial charge >= 0.3 is 0 Å². The van der Waals surface area contributed by atoms with E-state index in [-0.39, 0.29) is 17.9 Å². The van der Waals surface area contributed by atoms with Gasteiger partial charge in [-0.3, -0.25) is 9.59 Å². The second-order valence-electron chi connectivity index (χ2n) is 6.47. The van der Waals surface area contributed by atoms with E-state index in [1.54, 1.807) is 23.9 Å². The fourth-order valence-corrected chi connectivity index (χ4v) is 2.83. The molecule has 120 valence electrons. The van der Waals surface area contributed by atoms with E-state index in [2.05, 4.69) is 38.1 Å². The van der Waals surface area contributed by atoms with Crippen LogP contribution in [0.4, 0.5) is 0 Å². The molecule has 1 aromatic rings. The molecule has 4 heteroatoms. The number of likely N-dealkylation sites (tertiary alicyclic amines) is 1. The third-order valence-corrected chi connectivity index (χ3v) is 4.53. The van der Waals surface area contributed by atoms with Crippen LogP contribution in [0.1, 0.15) is 43.7 Å². The Bertz CT molecular complexity index is 537. The van der Waals surface area contributed by atoms with E-state index in [1.807, 2.05) is 0 Å². The Hall–Kier alpha value is -1.84. The lowest BCUT2D eigenvalue weighted by Crippen LogP contribution is -2.42. The standard InChI is InChI=1S/C18H26N2O2/c1-13(2)15-8-5-14(6-9-15)7-10-17(21)20(4)16-11-12-19(3)18(16)22/h5-6,8-9,13,16H,7,10-12H2,1-4H3/t16-/m0/s1. The van der Waals surface area contributed by atoms with Crippen molar-refractivity contribution in [3.63, 3.8) is 0 Å². The molecule has 2 amide bonds. The van der Waals surface area contributed by atoms with Gasteiger partial charge in [0.2, 0.25) is 11.8 Å². The molecule has 1 saturated heterocycles. The summed E-state index contributed by atoms with van der Waals surface area (Å²) in [5.41, 5.74) is 2.48. The van der Waals surface area contributed by atoms with Gasteiger partial charge in [0.1, 0.15) is 6.04 Å². The van der Waals surface area contributed by atoms with Gasteiger partial charge in [-0.05, 0) is 29.9 Å². The van der Waals surface area contributed by atoms with Crippen LogP contribution in [0.25, 0.3) is 0 Å². The molecule has 0 bridgehead atoms. The highest BCUT2D eigenvalue weighted by atomic mass is 16.2. The summed E-state index contributed by atoms with van der Waals surface area (Å²) in [5.74, 6) is 0.617. The van der Waals surface area contributed by atoms with Crippen LogP contribution in [-0.2, 0) is 16.0 Å². The van der Waals surface area contributed by atoms with E-state index in [9.17, 15) is 9.59 Å². The molecule has 0 saturated carbocycles. The first kappa shape index (κ1) is 16.5. The Morgan fingerprint density at radius 3 is 2.45 bits per heavy atom. The number of likely N-dealkylation sites (N-methyl/N-ethyl adjacent to an activating group) is 2. The first-order valence-electron chi connectivity index (χ1n) is 7.99. The zero-order valence-corrected chi connectivity index (χ0v) is 14.0. The average Bonchev–Trinajstić information content (AvgIpc) is 2.84. The van der Waals surface area contributed by atoms with Gasteiger partial charge < -0.3 is 9.80 Å². The number of carbonyl (C=O) groups is 2. The van der Waals surface area contributed by atoms with Crippen LogP contribution in [-0.4, -0.2) is 48.3 Å². The van der Waals surface area contributed by atoms with E-state index < -0.39 is 0 Å². The molecule has 1 aliphatic rings. The molecule has 0 unspecified atom stereocenters. The maximum Gasteiger partial charge on any atom is 0.245 e. The quantitative estimate of drug-likeness (QED) is 0.838. The number of carbonyl (C=O) groups excluding carboxylic acids is 2. The average molecular weight is 302 g/mol. The van der Waals surface area contributed by atoms with Crippen molar-refractivity contribution in [1.29, 1.82) is 0 Å². The maximum atomic E-state index is 12.3. The van der Waals surface area contributed by atoms with Crippen LogP contribution in [0.2, 0.25) is 0 Å². The molecule has 1 aromatic carbocycles. The Labute approximate surface area is 133 Å². The summed E-state index contributed by atoms with van der Waals surface area (Å²) in [6, 6.07) is 8.17. The molecule has 22 heavy (non-hydrogen) atoms. The summed E-state index contributed by atoms with van der Waals surface area (Å²) in [6.07, 6.45) is 1.91. The third kappa shape index (κ3) is 3.67. The summed E-state index contributed by atoms with van der Waals surface area (Å²) in [7, 11) is 3.53. The largest absolute Gasteiger partial charge is 0.344 e. The molecular formula is C18H26N2O2. The van der Waals surface area contributed by atoms with Crippen LogP contribution < -0.4 is 0 Å². The van der Waals surface area contributed by atoms with Crippen molar-refractivity contribution in [1.82, 2.24) is 9.80 Å².